The van der Waals surface area contributed by atoms with Gasteiger partial charge in [0, 0.05) is 36.2 Å². The third-order valence-electron chi connectivity index (χ3n) is 3.27. The standard InChI is InChI=1S/C13H15N5OS/c14-10-6-7-18(8-10)13(19)15-12-11(16-17-20-12)9-4-2-1-3-5-9/h1-5,10H,6-8,14H2,(H,15,19)/t10-/m0/s1. The van der Waals surface area contributed by atoms with Gasteiger partial charge in [0.25, 0.3) is 0 Å². The minimum atomic E-state index is -0.138. The summed E-state index contributed by atoms with van der Waals surface area (Å²) in [6, 6.07) is 9.62. The van der Waals surface area contributed by atoms with Gasteiger partial charge in [0.15, 0.2) is 0 Å². The topological polar surface area (TPSA) is 84.1 Å². The predicted octanol–water partition coefficient (Wildman–Crippen LogP) is 1.77. The Balaban J connectivity index is 1.76. The minimum absolute atomic E-state index is 0.0777. The number of hydrogen-bond donors (Lipinski definition) is 2. The predicted molar refractivity (Wildman–Crippen MR) is 78.5 cm³/mol. The second-order valence-electron chi connectivity index (χ2n) is 4.74. The van der Waals surface area contributed by atoms with E-state index in [1.807, 2.05) is 30.3 Å². The molecule has 1 aliphatic rings. The lowest BCUT2D eigenvalue weighted by Crippen LogP contribution is -2.35. The number of carbonyl (C=O) groups excluding carboxylic acids is 1. The number of urea groups is 1. The highest BCUT2D eigenvalue weighted by Gasteiger charge is 2.24. The van der Waals surface area contributed by atoms with E-state index in [-0.39, 0.29) is 12.1 Å². The van der Waals surface area contributed by atoms with Crippen LogP contribution < -0.4 is 11.1 Å². The van der Waals surface area contributed by atoms with Crippen molar-refractivity contribution in [2.45, 2.75) is 12.5 Å². The van der Waals surface area contributed by atoms with E-state index in [0.29, 0.717) is 23.8 Å². The third kappa shape index (κ3) is 2.63. The van der Waals surface area contributed by atoms with Crippen LogP contribution in [0.2, 0.25) is 0 Å². The van der Waals surface area contributed by atoms with E-state index in [1.54, 1.807) is 4.90 Å². The molecule has 104 valence electrons. The molecule has 1 atom stereocenters. The molecule has 1 aromatic heterocycles. The Morgan fingerprint density at radius 2 is 2.20 bits per heavy atom. The van der Waals surface area contributed by atoms with Crippen LogP contribution in [0.1, 0.15) is 6.42 Å². The van der Waals surface area contributed by atoms with Crippen LogP contribution >= 0.6 is 11.5 Å². The lowest BCUT2D eigenvalue weighted by Gasteiger charge is -2.16. The first-order valence-corrected chi connectivity index (χ1v) is 7.20. The van der Waals surface area contributed by atoms with E-state index in [9.17, 15) is 4.79 Å². The summed E-state index contributed by atoms with van der Waals surface area (Å²) in [5.74, 6) is 0. The monoisotopic (exact) mass is 289 g/mol. The number of carbonyl (C=O) groups is 1. The Bertz CT molecular complexity index is 600. The molecule has 2 amide bonds. The molecular formula is C13H15N5OS. The third-order valence-corrected chi connectivity index (χ3v) is 3.91. The fourth-order valence-electron chi connectivity index (χ4n) is 2.21. The molecule has 20 heavy (non-hydrogen) atoms. The van der Waals surface area contributed by atoms with Crippen LogP contribution in [0.3, 0.4) is 0 Å². The van der Waals surface area contributed by atoms with Crippen molar-refractivity contribution < 1.29 is 4.79 Å². The summed E-state index contributed by atoms with van der Waals surface area (Å²) in [6.07, 6.45) is 0.847. The van der Waals surface area contributed by atoms with Gasteiger partial charge in [-0.15, -0.1) is 5.10 Å². The van der Waals surface area contributed by atoms with Gasteiger partial charge in [-0.05, 0) is 6.42 Å². The molecule has 2 heterocycles. The van der Waals surface area contributed by atoms with Crippen molar-refractivity contribution in [3.63, 3.8) is 0 Å². The quantitative estimate of drug-likeness (QED) is 0.882. The summed E-state index contributed by atoms with van der Waals surface area (Å²) in [4.78, 5) is 13.9. The van der Waals surface area contributed by atoms with Gasteiger partial charge in [-0.2, -0.15) is 0 Å². The van der Waals surface area contributed by atoms with Gasteiger partial charge in [-0.1, -0.05) is 34.8 Å². The number of nitrogens with two attached hydrogens (primary N) is 1. The van der Waals surface area contributed by atoms with Gasteiger partial charge in [0.2, 0.25) is 0 Å². The Hall–Kier alpha value is -1.99. The lowest BCUT2D eigenvalue weighted by molar-refractivity contribution is 0.222. The normalized spacial score (nSPS) is 18.2. The van der Waals surface area contributed by atoms with Gasteiger partial charge < -0.3 is 10.6 Å². The maximum absolute atomic E-state index is 12.2. The second-order valence-corrected chi connectivity index (χ2v) is 5.50. The van der Waals surface area contributed by atoms with Crippen molar-refractivity contribution in [3.8, 4) is 11.3 Å². The van der Waals surface area contributed by atoms with E-state index in [0.717, 1.165) is 12.0 Å². The number of nitrogens with one attached hydrogen (secondary N) is 1. The molecule has 3 N–H and O–H groups in total. The van der Waals surface area contributed by atoms with Crippen LogP contribution in [0, 0.1) is 0 Å². The summed E-state index contributed by atoms with van der Waals surface area (Å²) in [5.41, 5.74) is 7.45. The average molecular weight is 289 g/mol. The zero-order chi connectivity index (χ0) is 13.9. The first kappa shape index (κ1) is 13.0. The Labute approximate surface area is 120 Å². The Morgan fingerprint density at radius 3 is 2.90 bits per heavy atom. The molecule has 0 saturated carbocycles. The zero-order valence-electron chi connectivity index (χ0n) is 10.8. The number of rotatable bonds is 2. The molecule has 0 aliphatic carbocycles. The SMILES string of the molecule is N[C@H]1CCN(C(=O)Nc2snnc2-c2ccccc2)C1. The van der Waals surface area contributed by atoms with Crippen LogP contribution in [0.5, 0.6) is 0 Å². The maximum atomic E-state index is 12.2. The molecule has 1 fully saturated rings. The number of benzene rings is 1. The van der Waals surface area contributed by atoms with Crippen LogP contribution in [-0.2, 0) is 0 Å². The van der Waals surface area contributed by atoms with Crippen molar-refractivity contribution in [3.05, 3.63) is 30.3 Å². The highest BCUT2D eigenvalue weighted by molar-refractivity contribution is 7.10. The molecule has 1 aromatic carbocycles. The van der Waals surface area contributed by atoms with E-state index < -0.39 is 0 Å². The van der Waals surface area contributed by atoms with Crippen LogP contribution in [0.15, 0.2) is 30.3 Å². The molecule has 0 bridgehead atoms. The van der Waals surface area contributed by atoms with Gasteiger partial charge in [-0.25, -0.2) is 4.79 Å². The molecule has 6 nitrogen and oxygen atoms in total. The number of aromatic nitrogens is 2. The summed E-state index contributed by atoms with van der Waals surface area (Å²) in [5, 5.41) is 7.64. The summed E-state index contributed by atoms with van der Waals surface area (Å²) < 4.78 is 3.93. The number of hydrogen-bond acceptors (Lipinski definition) is 5. The average Bonchev–Trinajstić information content (AvgIpc) is 3.09. The smallest absolute Gasteiger partial charge is 0.322 e. The highest BCUT2D eigenvalue weighted by atomic mass is 32.1. The minimum Gasteiger partial charge on any atom is -0.326 e. The van der Waals surface area contributed by atoms with Crippen molar-refractivity contribution in [1.29, 1.82) is 0 Å². The highest BCUT2D eigenvalue weighted by Crippen LogP contribution is 2.28. The van der Waals surface area contributed by atoms with Gasteiger partial charge in [0.05, 0.1) is 0 Å². The van der Waals surface area contributed by atoms with E-state index in [4.69, 9.17) is 5.73 Å². The van der Waals surface area contributed by atoms with Gasteiger partial charge >= 0.3 is 6.03 Å². The van der Waals surface area contributed by atoms with Crippen molar-refractivity contribution in [2.24, 2.45) is 5.73 Å². The Morgan fingerprint density at radius 1 is 1.40 bits per heavy atom. The van der Waals surface area contributed by atoms with Crippen LogP contribution in [0.25, 0.3) is 11.3 Å². The number of amides is 2. The molecule has 0 spiro atoms. The Kier molecular flexibility index (Phi) is 3.62. The molecule has 2 aromatic rings. The molecule has 1 saturated heterocycles. The summed E-state index contributed by atoms with van der Waals surface area (Å²) >= 11 is 1.18. The largest absolute Gasteiger partial charge is 0.326 e. The number of nitrogens with zero attached hydrogens (tertiary/aromatic N) is 3. The zero-order valence-corrected chi connectivity index (χ0v) is 11.6. The first-order chi connectivity index (χ1) is 9.74. The van der Waals surface area contributed by atoms with E-state index in [2.05, 4.69) is 14.9 Å². The fraction of sp³-hybridized carbons (Fsp3) is 0.308. The molecule has 7 heteroatoms. The molecule has 1 aliphatic heterocycles. The van der Waals surface area contributed by atoms with Crippen molar-refractivity contribution in [1.82, 2.24) is 14.5 Å². The van der Waals surface area contributed by atoms with Crippen molar-refractivity contribution in [2.75, 3.05) is 18.4 Å². The molecular weight excluding hydrogens is 274 g/mol. The first-order valence-electron chi connectivity index (χ1n) is 6.43. The number of anilines is 1. The summed E-state index contributed by atoms with van der Waals surface area (Å²) in [6.45, 7) is 1.29. The van der Waals surface area contributed by atoms with E-state index >= 15 is 0 Å². The van der Waals surface area contributed by atoms with Gasteiger partial charge in [-0.3, -0.25) is 5.32 Å². The van der Waals surface area contributed by atoms with Crippen molar-refractivity contribution >= 4 is 22.6 Å². The number of likely N-dealkylation sites (tertiary alicyclic amines) is 1. The maximum Gasteiger partial charge on any atom is 0.322 e. The molecule has 0 radical (unpaired) electrons. The van der Waals surface area contributed by atoms with E-state index in [1.165, 1.54) is 11.5 Å². The second kappa shape index (κ2) is 5.56. The van der Waals surface area contributed by atoms with Gasteiger partial charge in [0.1, 0.15) is 10.7 Å². The molecule has 0 unspecified atom stereocenters. The van der Waals surface area contributed by atoms with Crippen LogP contribution in [0.4, 0.5) is 9.80 Å². The summed E-state index contributed by atoms with van der Waals surface area (Å²) in [7, 11) is 0. The lowest BCUT2D eigenvalue weighted by atomic mass is 10.2. The fourth-order valence-corrected chi connectivity index (χ4v) is 2.79. The van der Waals surface area contributed by atoms with Crippen LogP contribution in [-0.4, -0.2) is 39.6 Å². The molecule has 3 rings (SSSR count).